The first-order chi connectivity index (χ1) is 14.7. The Morgan fingerprint density at radius 1 is 0.882 bits per heavy atom. The second-order valence-corrected chi connectivity index (χ2v) is 9.49. The third-order valence-electron chi connectivity index (χ3n) is 4.21. The van der Waals surface area contributed by atoms with Gasteiger partial charge in [-0.3, -0.25) is 4.79 Å². The lowest BCUT2D eigenvalue weighted by Gasteiger charge is -2.38. The highest BCUT2D eigenvalue weighted by molar-refractivity contribution is 7.90. The summed E-state index contributed by atoms with van der Waals surface area (Å²) in [6.07, 6.45) is -8.29. The van der Waals surface area contributed by atoms with Gasteiger partial charge < -0.3 is 19.5 Å². The Kier molecular flexibility index (Phi) is 9.04. The lowest BCUT2D eigenvalue weighted by molar-refractivity contribution is -0.884. The smallest absolute Gasteiger partial charge is 0.460 e. The van der Waals surface area contributed by atoms with E-state index >= 15 is 0 Å². The molecule has 0 aromatic heterocycles. The topological polar surface area (TPSA) is 115 Å². The molecule has 0 unspecified atom stereocenters. The molecule has 34 heavy (non-hydrogen) atoms. The van der Waals surface area contributed by atoms with Crippen LogP contribution in [0.4, 0.5) is 48.3 Å². The average Bonchev–Trinajstić information content (AvgIpc) is 2.57. The number of nitrogens with zero attached hydrogens (tertiary/aromatic N) is 2. The summed E-state index contributed by atoms with van der Waals surface area (Å²) in [6.45, 7) is -4.83. The summed E-state index contributed by atoms with van der Waals surface area (Å²) in [5.41, 5.74) is 0. The number of hydrogen-bond donors (Lipinski definition) is 1. The summed E-state index contributed by atoms with van der Waals surface area (Å²) < 4.78 is 167. The number of aliphatic carboxylic acids is 2. The number of halogens is 11. The van der Waals surface area contributed by atoms with Gasteiger partial charge in [-0.2, -0.15) is 52.6 Å². The van der Waals surface area contributed by atoms with E-state index in [4.69, 9.17) is 5.11 Å². The van der Waals surface area contributed by atoms with E-state index in [9.17, 15) is 71.4 Å². The molecule has 0 amide bonds. The molecule has 0 saturated carbocycles. The summed E-state index contributed by atoms with van der Waals surface area (Å²) in [5.74, 6) is -27.7. The first-order valence-corrected chi connectivity index (χ1v) is 9.94. The number of rotatable bonds is 13. The zero-order valence-corrected chi connectivity index (χ0v) is 17.8. The standard InChI is InChI=1S/C14H17F11N2O6S/c1-27(2,7-9(30)31)5-3-4-26(6-8(28)29)34(32,33)14(24,25)12(19,20)10(15,16)11(17,18)13(21,22)23/h3-7H2,1-2H3,(H-,28,29,30,31). The fraction of sp³-hybridized carbons (Fsp3) is 0.857. The largest absolute Gasteiger partial charge is 0.544 e. The van der Waals surface area contributed by atoms with Crippen molar-refractivity contribution in [2.75, 3.05) is 40.3 Å². The van der Waals surface area contributed by atoms with Gasteiger partial charge in [-0.15, -0.1) is 0 Å². The molecule has 202 valence electrons. The maximum atomic E-state index is 14.1. The van der Waals surface area contributed by atoms with Crippen molar-refractivity contribution in [1.82, 2.24) is 4.31 Å². The monoisotopic (exact) mass is 550 g/mol. The van der Waals surface area contributed by atoms with Crippen molar-refractivity contribution in [3.8, 4) is 0 Å². The Balaban J connectivity index is 6.30. The summed E-state index contributed by atoms with van der Waals surface area (Å²) in [7, 11) is -5.01. The molecule has 0 aromatic rings. The molecule has 0 aliphatic rings. The van der Waals surface area contributed by atoms with Gasteiger partial charge >= 0.3 is 35.2 Å². The molecule has 0 heterocycles. The van der Waals surface area contributed by atoms with E-state index in [0.717, 1.165) is 14.1 Å². The van der Waals surface area contributed by atoms with Gasteiger partial charge in [0.05, 0.1) is 26.6 Å². The molecule has 20 heteroatoms. The Labute approximate surface area is 184 Å². The maximum Gasteiger partial charge on any atom is 0.460 e. The Bertz CT molecular complexity index is 874. The van der Waals surface area contributed by atoms with Crippen LogP contribution in [-0.4, -0.2) is 104 Å². The minimum atomic E-state index is -8.00. The normalized spacial score (nSPS) is 15.0. The highest BCUT2D eigenvalue weighted by Crippen LogP contribution is 2.58. The number of alkyl halides is 11. The van der Waals surface area contributed by atoms with Gasteiger partial charge in [0.2, 0.25) is 0 Å². The van der Waals surface area contributed by atoms with Gasteiger partial charge in [-0.1, -0.05) is 0 Å². The van der Waals surface area contributed by atoms with E-state index in [1.165, 1.54) is 0 Å². The van der Waals surface area contributed by atoms with Crippen LogP contribution in [0.5, 0.6) is 0 Å². The summed E-state index contributed by atoms with van der Waals surface area (Å²) in [4.78, 5) is 21.4. The van der Waals surface area contributed by atoms with Gasteiger partial charge in [0, 0.05) is 13.0 Å². The van der Waals surface area contributed by atoms with Crippen molar-refractivity contribution in [3.63, 3.8) is 0 Å². The van der Waals surface area contributed by atoms with E-state index in [1.54, 1.807) is 0 Å². The van der Waals surface area contributed by atoms with E-state index in [2.05, 4.69) is 0 Å². The lowest BCUT2D eigenvalue weighted by Crippen LogP contribution is -2.69. The molecule has 0 bridgehead atoms. The van der Waals surface area contributed by atoms with Crippen LogP contribution < -0.4 is 5.11 Å². The number of likely N-dealkylation sites (N-methyl/N-ethyl adjacent to an activating group) is 1. The lowest BCUT2D eigenvalue weighted by atomic mass is 10.0. The highest BCUT2D eigenvalue weighted by Gasteiger charge is 2.89. The van der Waals surface area contributed by atoms with Crippen molar-refractivity contribution in [2.24, 2.45) is 0 Å². The van der Waals surface area contributed by atoms with E-state index in [-0.39, 0.29) is 0 Å². The van der Waals surface area contributed by atoms with Crippen LogP contribution in [0.1, 0.15) is 6.42 Å². The highest BCUT2D eigenvalue weighted by atomic mass is 32.2. The number of sulfonamides is 1. The van der Waals surface area contributed by atoms with E-state index in [0.29, 0.717) is 0 Å². The quantitative estimate of drug-likeness (QED) is 0.270. The van der Waals surface area contributed by atoms with Crippen molar-refractivity contribution < 1.29 is 81.0 Å². The molecule has 0 aliphatic carbocycles. The first kappa shape index (κ1) is 32.0. The number of carboxylic acids is 2. The minimum Gasteiger partial charge on any atom is -0.544 e. The SMILES string of the molecule is C[N+](C)(CCCN(CC(=O)O)S(=O)(=O)C(F)(F)C(F)(F)C(F)(F)C(F)(F)C(F)(F)F)CC(=O)[O-]. The number of carbonyl (C=O) groups excluding carboxylic acids is 1. The van der Waals surface area contributed by atoms with Crippen LogP contribution in [-0.2, 0) is 19.6 Å². The number of carboxylic acid groups (broad SMARTS) is 2. The molecule has 8 nitrogen and oxygen atoms in total. The average molecular weight is 550 g/mol. The molecule has 0 aliphatic heterocycles. The minimum absolute atomic E-state index is 0.482. The third kappa shape index (κ3) is 5.99. The molecule has 0 fully saturated rings. The molecule has 0 atom stereocenters. The van der Waals surface area contributed by atoms with Crippen LogP contribution in [0.15, 0.2) is 0 Å². The predicted octanol–water partition coefficient (Wildman–Crippen LogP) is 0.980. The fourth-order valence-corrected chi connectivity index (χ4v) is 3.85. The van der Waals surface area contributed by atoms with Crippen molar-refractivity contribution in [2.45, 2.75) is 35.6 Å². The van der Waals surface area contributed by atoms with Crippen molar-refractivity contribution >= 4 is 22.0 Å². The van der Waals surface area contributed by atoms with Crippen LogP contribution in [0.3, 0.4) is 0 Å². The van der Waals surface area contributed by atoms with Crippen LogP contribution in [0.25, 0.3) is 0 Å². The van der Waals surface area contributed by atoms with Gasteiger partial charge in [-0.25, -0.2) is 8.42 Å². The molecule has 0 spiro atoms. The molecular weight excluding hydrogens is 533 g/mol. The Morgan fingerprint density at radius 2 is 1.32 bits per heavy atom. The van der Waals surface area contributed by atoms with Gasteiger partial charge in [-0.05, 0) is 0 Å². The predicted molar refractivity (Wildman–Crippen MR) is 85.4 cm³/mol. The molecule has 0 radical (unpaired) electrons. The first-order valence-electron chi connectivity index (χ1n) is 8.50. The molecule has 0 saturated heterocycles. The van der Waals surface area contributed by atoms with Crippen LogP contribution >= 0.6 is 0 Å². The fourth-order valence-electron chi connectivity index (χ4n) is 2.42. The van der Waals surface area contributed by atoms with Gasteiger partial charge in [0.25, 0.3) is 10.0 Å². The zero-order chi connectivity index (χ0) is 27.8. The van der Waals surface area contributed by atoms with Crippen molar-refractivity contribution in [1.29, 1.82) is 0 Å². The molecular formula is C14H17F11N2O6S. The summed E-state index contributed by atoms with van der Waals surface area (Å²) >= 11 is 0. The second-order valence-electron chi connectivity index (χ2n) is 7.51. The number of quaternary nitrogens is 1. The zero-order valence-electron chi connectivity index (χ0n) is 17.0. The number of carbonyl (C=O) groups is 2. The summed E-state index contributed by atoms with van der Waals surface area (Å²) in [5, 5.41) is 11.9. The van der Waals surface area contributed by atoms with Gasteiger partial charge in [0.15, 0.2) is 0 Å². The maximum absolute atomic E-state index is 14.1. The van der Waals surface area contributed by atoms with Crippen LogP contribution in [0.2, 0.25) is 0 Å². The van der Waals surface area contributed by atoms with E-state index in [1.807, 2.05) is 0 Å². The van der Waals surface area contributed by atoms with Crippen molar-refractivity contribution in [3.05, 3.63) is 0 Å². The Morgan fingerprint density at radius 3 is 1.68 bits per heavy atom. The van der Waals surface area contributed by atoms with E-state index < -0.39 is 92.5 Å². The Hall–Kier alpha value is -1.96. The molecule has 0 aromatic carbocycles. The van der Waals surface area contributed by atoms with Crippen LogP contribution in [0, 0.1) is 0 Å². The summed E-state index contributed by atoms with van der Waals surface area (Å²) in [6, 6.07) is 0. The molecule has 1 N–H and O–H groups in total. The second kappa shape index (κ2) is 9.59. The number of hydrogen-bond acceptors (Lipinski definition) is 5. The third-order valence-corrected chi connectivity index (χ3v) is 6.11. The van der Waals surface area contributed by atoms with Gasteiger partial charge in [0.1, 0.15) is 13.1 Å². The molecule has 0 rings (SSSR count).